The molecular weight excluding hydrogens is 447 g/mol. The molecule has 0 heterocycles. The quantitative estimate of drug-likeness (QED) is 0.352. The Morgan fingerprint density at radius 2 is 1.37 bits per heavy atom. The molecule has 139 valence electrons. The second-order valence-corrected chi connectivity index (χ2v) is 5.19. The van der Waals surface area contributed by atoms with Crippen LogP contribution in [0.15, 0.2) is 60.7 Å². The Morgan fingerprint density at radius 1 is 0.778 bits per heavy atom. The first-order chi connectivity index (χ1) is 11.8. The summed E-state index contributed by atoms with van der Waals surface area (Å²) < 4.78 is 72.9. The van der Waals surface area contributed by atoms with Gasteiger partial charge in [-0.05, 0) is 23.3 Å². The minimum Gasteiger partial charge on any atom is -0.455 e. The number of alkyl halides is 2. The van der Waals surface area contributed by atoms with Gasteiger partial charge in [0, 0.05) is 50.1 Å². The molecule has 0 fully saturated rings. The molecule has 0 N–H and O–H groups in total. The van der Waals surface area contributed by atoms with Gasteiger partial charge in [-0.1, -0.05) is 48.5 Å². The predicted molar refractivity (Wildman–Crippen MR) is 84.1 cm³/mol. The van der Waals surface area contributed by atoms with E-state index >= 15 is 0 Å². The van der Waals surface area contributed by atoms with E-state index < -0.39 is 34.9 Å². The molecule has 3 rings (SSSR count). The van der Waals surface area contributed by atoms with Gasteiger partial charge in [0.15, 0.2) is 0 Å². The maximum absolute atomic E-state index is 14.2. The average Bonchev–Trinajstić information content (AvgIpc) is 2.54. The third-order valence-electron chi connectivity index (χ3n) is 3.41. The Kier molecular flexibility index (Phi) is 8.05. The molecule has 0 aliphatic carbocycles. The molecule has 27 heavy (non-hydrogen) atoms. The molecule has 1 radical (unpaired) electrons. The van der Waals surface area contributed by atoms with Crippen molar-refractivity contribution in [2.45, 2.75) is 6.11 Å². The second-order valence-electron chi connectivity index (χ2n) is 5.19. The number of hydrogen-bond acceptors (Lipinski definition) is 1. The molecule has 3 aromatic carbocycles. The van der Waals surface area contributed by atoms with Crippen molar-refractivity contribution < 1.29 is 64.1 Å². The van der Waals surface area contributed by atoms with Gasteiger partial charge in [0.25, 0.3) is 0 Å². The minimum atomic E-state index is -4.11. The van der Waals surface area contributed by atoms with Gasteiger partial charge in [0.1, 0.15) is 5.82 Å². The van der Waals surface area contributed by atoms with Crippen molar-refractivity contribution in [1.82, 2.24) is 0 Å². The van der Waals surface area contributed by atoms with Crippen molar-refractivity contribution in [3.63, 3.8) is 0 Å². The first-order valence-corrected chi connectivity index (χ1v) is 7.16. The van der Waals surface area contributed by atoms with Gasteiger partial charge in [-0.25, -0.2) is 13.2 Å². The van der Waals surface area contributed by atoms with Crippen LogP contribution < -0.4 is 4.74 Å². The van der Waals surface area contributed by atoms with Crippen LogP contribution in [0.3, 0.4) is 0 Å². The molecule has 0 spiro atoms. The Bertz CT molecular complexity index is 882. The van der Waals surface area contributed by atoms with Crippen LogP contribution in [0, 0.1) is 23.5 Å². The number of benzene rings is 3. The van der Waals surface area contributed by atoms with Gasteiger partial charge in [0.05, 0.1) is 5.56 Å². The molecule has 0 amide bonds. The number of halogens is 6. The maximum Gasteiger partial charge on any atom is 0.427 e. The van der Waals surface area contributed by atoms with E-state index in [2.05, 4.69) is 4.74 Å². The molecule has 0 saturated heterocycles. The number of rotatable bonds is 4. The normalized spacial score (nSPS) is 10.6. The predicted octanol–water partition coefficient (Wildman–Crippen LogP) is 5.85. The molecule has 0 atom stereocenters. The van der Waals surface area contributed by atoms with E-state index in [4.69, 9.17) is 0 Å². The largest absolute Gasteiger partial charge is 0.455 e. The maximum atomic E-state index is 14.2. The van der Waals surface area contributed by atoms with Gasteiger partial charge in [-0.3, -0.25) is 4.70 Å². The van der Waals surface area contributed by atoms with Gasteiger partial charge in [-0.15, -0.1) is 6.07 Å². The van der Waals surface area contributed by atoms with Crippen molar-refractivity contribution in [3.8, 4) is 16.9 Å². The summed E-state index contributed by atoms with van der Waals surface area (Å²) in [5.41, 5.74) is 0.0183. The SMILES string of the molecule is F.Fc1[c-]c(F)cc(OC(F)(F)c2ccc(-c3ccccc3)cc2F)c1.[Y]. The Labute approximate surface area is 176 Å². The van der Waals surface area contributed by atoms with Gasteiger partial charge in [0.2, 0.25) is 0 Å². The standard InChI is InChI=1S/C19H10F5O.FH.Y/c20-14-9-15(21)11-16(10-14)25-19(23,24)17-7-6-13(8-18(17)22)12-4-2-1-3-5-12;;/h1-8,10-11H;1H;/q-1;;. The third-order valence-corrected chi connectivity index (χ3v) is 3.41. The van der Waals surface area contributed by atoms with Gasteiger partial charge < -0.3 is 4.74 Å². The summed E-state index contributed by atoms with van der Waals surface area (Å²) in [6.07, 6.45) is -4.11. The van der Waals surface area contributed by atoms with E-state index in [0.29, 0.717) is 23.3 Å². The summed E-state index contributed by atoms with van der Waals surface area (Å²) in [6.45, 7) is 0. The van der Waals surface area contributed by atoms with Crippen molar-refractivity contribution in [1.29, 1.82) is 0 Å². The second kappa shape index (κ2) is 9.37. The zero-order valence-electron chi connectivity index (χ0n) is 13.6. The zero-order valence-corrected chi connectivity index (χ0v) is 16.4. The summed E-state index contributed by atoms with van der Waals surface area (Å²) in [5.74, 6) is -4.38. The van der Waals surface area contributed by atoms with E-state index in [1.807, 2.05) is 0 Å². The molecule has 1 nitrogen and oxygen atoms in total. The molecule has 0 aromatic heterocycles. The van der Waals surface area contributed by atoms with Crippen molar-refractivity contribution >= 4 is 0 Å². The number of hydrogen-bond donors (Lipinski definition) is 0. The van der Waals surface area contributed by atoms with Crippen molar-refractivity contribution in [3.05, 3.63) is 89.7 Å². The summed E-state index contributed by atoms with van der Waals surface area (Å²) in [5, 5.41) is 0. The Balaban J connectivity index is 0.00000182. The van der Waals surface area contributed by atoms with Crippen LogP contribution >= 0.6 is 0 Å². The fourth-order valence-corrected chi connectivity index (χ4v) is 2.30. The first-order valence-electron chi connectivity index (χ1n) is 7.16. The molecule has 0 aliphatic heterocycles. The Hall–Kier alpha value is -1.86. The monoisotopic (exact) mass is 458 g/mol. The summed E-state index contributed by atoms with van der Waals surface area (Å²) in [7, 11) is 0. The summed E-state index contributed by atoms with van der Waals surface area (Å²) >= 11 is 0. The topological polar surface area (TPSA) is 9.23 Å². The molecule has 0 unspecified atom stereocenters. The molecule has 0 aliphatic rings. The fraction of sp³-hybridized carbons (Fsp3) is 0.0526. The van der Waals surface area contributed by atoms with Gasteiger partial charge in [-0.2, -0.15) is 8.78 Å². The van der Waals surface area contributed by atoms with Gasteiger partial charge >= 0.3 is 6.11 Å². The van der Waals surface area contributed by atoms with Crippen molar-refractivity contribution in [2.75, 3.05) is 0 Å². The molecule has 8 heteroatoms. The molecular formula is C19H11F6OY-. The minimum absolute atomic E-state index is 0. The van der Waals surface area contributed by atoms with Crippen LogP contribution in [0.2, 0.25) is 0 Å². The average molecular weight is 458 g/mol. The Morgan fingerprint density at radius 3 is 1.93 bits per heavy atom. The molecule has 3 aromatic rings. The van der Waals surface area contributed by atoms with E-state index in [9.17, 15) is 22.0 Å². The zero-order chi connectivity index (χ0) is 18.0. The third kappa shape index (κ3) is 5.56. The van der Waals surface area contributed by atoms with Crippen LogP contribution in [0.1, 0.15) is 5.56 Å². The van der Waals surface area contributed by atoms with E-state index in [1.165, 1.54) is 6.07 Å². The van der Waals surface area contributed by atoms with E-state index in [0.717, 1.165) is 12.1 Å². The van der Waals surface area contributed by atoms with Crippen molar-refractivity contribution in [2.24, 2.45) is 0 Å². The smallest absolute Gasteiger partial charge is 0.427 e. The van der Waals surface area contributed by atoms with Crippen LogP contribution in [0.4, 0.5) is 26.7 Å². The number of ether oxygens (including phenoxy) is 1. The van der Waals surface area contributed by atoms with Crippen LogP contribution in [-0.2, 0) is 38.8 Å². The van der Waals surface area contributed by atoms with Crippen LogP contribution in [-0.4, -0.2) is 0 Å². The summed E-state index contributed by atoms with van der Waals surface area (Å²) in [4.78, 5) is 0. The van der Waals surface area contributed by atoms with Crippen LogP contribution in [0.25, 0.3) is 11.1 Å². The van der Waals surface area contributed by atoms with E-state index in [1.54, 1.807) is 36.4 Å². The molecule has 0 saturated carbocycles. The van der Waals surface area contributed by atoms with Crippen LogP contribution in [0.5, 0.6) is 5.75 Å². The van der Waals surface area contributed by atoms with E-state index in [-0.39, 0.29) is 37.4 Å². The summed E-state index contributed by atoms with van der Waals surface area (Å²) in [6, 6.07) is 14.5. The first kappa shape index (κ1) is 23.2. The molecule has 0 bridgehead atoms. The fourth-order valence-electron chi connectivity index (χ4n) is 2.30.